The van der Waals surface area contributed by atoms with Crippen LogP contribution in [0.5, 0.6) is 0 Å². The van der Waals surface area contributed by atoms with Crippen molar-refractivity contribution >= 4 is 30.5 Å². The lowest BCUT2D eigenvalue weighted by Gasteiger charge is -2.16. The van der Waals surface area contributed by atoms with Crippen molar-refractivity contribution in [3.05, 3.63) is 48.5 Å². The van der Waals surface area contributed by atoms with E-state index in [4.69, 9.17) is 9.26 Å². The molecule has 0 radical (unpaired) electrons. The molecule has 1 saturated heterocycles. The van der Waals surface area contributed by atoms with E-state index in [1.807, 2.05) is 0 Å². The molecule has 0 aliphatic carbocycles. The van der Waals surface area contributed by atoms with Gasteiger partial charge in [-0.2, -0.15) is 0 Å². The molecule has 31 heavy (non-hydrogen) atoms. The molecule has 3 heterocycles. The van der Waals surface area contributed by atoms with Gasteiger partial charge in [0, 0.05) is 12.2 Å². The molecule has 0 saturated carbocycles. The lowest BCUT2D eigenvalue weighted by molar-refractivity contribution is -0.0483. The average molecular weight is 449 g/mol. The topological polar surface area (TPSA) is 169 Å². The number of imidazole rings is 1. The van der Waals surface area contributed by atoms with Crippen LogP contribution in [-0.2, 0) is 13.8 Å². The summed E-state index contributed by atoms with van der Waals surface area (Å²) in [5.41, 5.74) is 0.941. The van der Waals surface area contributed by atoms with E-state index in [2.05, 4.69) is 20.3 Å². The van der Waals surface area contributed by atoms with Gasteiger partial charge in [0.05, 0.1) is 12.9 Å². The molecule has 0 spiro atoms. The lowest BCUT2D eigenvalue weighted by atomic mass is 10.1. The van der Waals surface area contributed by atoms with Gasteiger partial charge in [0.25, 0.3) is 5.91 Å². The highest BCUT2D eigenvalue weighted by Gasteiger charge is 2.45. The molecule has 2 aromatic heterocycles. The Balaban J connectivity index is 1.58. The Labute approximate surface area is 176 Å². The second-order valence-corrected chi connectivity index (χ2v) is 8.88. The van der Waals surface area contributed by atoms with Gasteiger partial charge < -0.3 is 29.7 Å². The van der Waals surface area contributed by atoms with E-state index < -0.39 is 32.1 Å². The number of amides is 1. The zero-order valence-electron chi connectivity index (χ0n) is 16.3. The Morgan fingerprint density at radius 3 is 2.68 bits per heavy atom. The van der Waals surface area contributed by atoms with E-state index in [0.29, 0.717) is 5.56 Å². The standard InChI is InChI=1S/C18H20N5O7P/c1-31(27,28)29-7-11-13(24)14(25)18(30-11)23-9-21-12-15(19-8-20-16(12)23)22-17(26)10-5-3-2-4-6-10/h2-6,8-9,11,13-14,18,24-25H,7H2,1H3,(H,27,28)(H,19,20,22,26)/t11-,13+,14?,18-/m1/s1. The van der Waals surface area contributed by atoms with Crippen molar-refractivity contribution in [1.29, 1.82) is 0 Å². The summed E-state index contributed by atoms with van der Waals surface area (Å²) < 4.78 is 23.2. The van der Waals surface area contributed by atoms with E-state index in [9.17, 15) is 24.5 Å². The van der Waals surface area contributed by atoms with Gasteiger partial charge in [-0.05, 0) is 12.1 Å². The first kappa shape index (κ1) is 21.5. The van der Waals surface area contributed by atoms with Crippen LogP contribution >= 0.6 is 7.60 Å². The van der Waals surface area contributed by atoms with Crippen molar-refractivity contribution in [2.45, 2.75) is 24.5 Å². The quantitative estimate of drug-likeness (QED) is 0.389. The molecule has 13 heteroatoms. The molecule has 5 atom stereocenters. The number of nitrogens with zero attached hydrogens (tertiary/aromatic N) is 4. The first-order valence-corrected chi connectivity index (χ1v) is 11.3. The maximum absolute atomic E-state index is 12.5. The number of aliphatic hydroxyl groups excluding tert-OH is 2. The van der Waals surface area contributed by atoms with Crippen LogP contribution in [-0.4, -0.2) is 72.1 Å². The Bertz CT molecular complexity index is 1130. The molecule has 3 aromatic rings. The molecule has 164 valence electrons. The van der Waals surface area contributed by atoms with E-state index in [0.717, 1.165) is 6.66 Å². The normalized spacial score (nSPS) is 25.4. The smallest absolute Gasteiger partial charge is 0.325 e. The summed E-state index contributed by atoms with van der Waals surface area (Å²) in [7, 11) is -3.78. The number of rotatable bonds is 6. The molecule has 4 rings (SSSR count). The first-order chi connectivity index (χ1) is 14.7. The largest absolute Gasteiger partial charge is 0.387 e. The van der Waals surface area contributed by atoms with Crippen LogP contribution in [0.25, 0.3) is 11.2 Å². The molecule has 4 N–H and O–H groups in total. The maximum Gasteiger partial charge on any atom is 0.325 e. The van der Waals surface area contributed by atoms with Gasteiger partial charge >= 0.3 is 7.60 Å². The molecular formula is C18H20N5O7P. The van der Waals surface area contributed by atoms with Crippen molar-refractivity contribution in [2.24, 2.45) is 0 Å². The van der Waals surface area contributed by atoms with Crippen molar-refractivity contribution < 1.29 is 33.7 Å². The number of hydrogen-bond acceptors (Lipinski definition) is 9. The van der Waals surface area contributed by atoms with Crippen LogP contribution in [0.4, 0.5) is 5.82 Å². The summed E-state index contributed by atoms with van der Waals surface area (Å²) in [6.07, 6.45) is -2.32. The maximum atomic E-state index is 12.5. The number of benzene rings is 1. The lowest BCUT2D eigenvalue weighted by Crippen LogP contribution is -2.33. The van der Waals surface area contributed by atoms with Crippen LogP contribution in [0.15, 0.2) is 43.0 Å². The number of anilines is 1. The molecule has 12 nitrogen and oxygen atoms in total. The summed E-state index contributed by atoms with van der Waals surface area (Å²) in [6, 6.07) is 8.57. The third kappa shape index (κ3) is 4.49. The molecule has 1 aliphatic heterocycles. The number of fused-ring (bicyclic) bond motifs is 1. The number of aromatic nitrogens is 4. The fourth-order valence-electron chi connectivity index (χ4n) is 3.21. The van der Waals surface area contributed by atoms with Gasteiger partial charge in [-0.3, -0.25) is 13.9 Å². The van der Waals surface area contributed by atoms with Crippen molar-refractivity contribution in [2.75, 3.05) is 18.6 Å². The van der Waals surface area contributed by atoms with E-state index in [1.54, 1.807) is 30.3 Å². The molecule has 0 bridgehead atoms. The van der Waals surface area contributed by atoms with Crippen molar-refractivity contribution in [1.82, 2.24) is 19.5 Å². The van der Waals surface area contributed by atoms with Crippen LogP contribution in [0.2, 0.25) is 0 Å². The molecule has 2 unspecified atom stereocenters. The number of hydrogen-bond donors (Lipinski definition) is 4. The zero-order valence-corrected chi connectivity index (χ0v) is 17.2. The predicted molar refractivity (Wildman–Crippen MR) is 107 cm³/mol. The van der Waals surface area contributed by atoms with Gasteiger partial charge in [0.2, 0.25) is 0 Å². The van der Waals surface area contributed by atoms with E-state index >= 15 is 0 Å². The number of aliphatic hydroxyl groups is 2. The van der Waals surface area contributed by atoms with Gasteiger partial charge in [-0.1, -0.05) is 18.2 Å². The Morgan fingerprint density at radius 1 is 1.23 bits per heavy atom. The fourth-order valence-corrected chi connectivity index (χ4v) is 3.63. The Morgan fingerprint density at radius 2 is 1.97 bits per heavy atom. The SMILES string of the molecule is CP(=O)(O)OC[C@H]1O[C@@H](n2cnc3c(NC(=O)c4ccccc4)ncnc32)C(O)[C@H]1O. The van der Waals surface area contributed by atoms with Gasteiger partial charge in [0.1, 0.15) is 24.6 Å². The minimum absolute atomic E-state index is 0.165. The number of carbonyl (C=O) groups excluding carboxylic acids is 1. The van der Waals surface area contributed by atoms with Crippen LogP contribution in [0.3, 0.4) is 0 Å². The summed E-state index contributed by atoms with van der Waals surface area (Å²) >= 11 is 0. The Kier molecular flexibility index (Phi) is 5.84. The highest BCUT2D eigenvalue weighted by Crippen LogP contribution is 2.39. The Hall–Kier alpha value is -2.73. The van der Waals surface area contributed by atoms with Gasteiger partial charge in [0.15, 0.2) is 23.2 Å². The molecule has 1 aromatic carbocycles. The van der Waals surface area contributed by atoms with Crippen LogP contribution in [0, 0.1) is 0 Å². The number of nitrogens with one attached hydrogen (secondary N) is 1. The van der Waals surface area contributed by atoms with Gasteiger partial charge in [-0.25, -0.2) is 15.0 Å². The third-order valence-corrected chi connectivity index (χ3v) is 5.34. The summed E-state index contributed by atoms with van der Waals surface area (Å²) in [4.78, 5) is 34.2. The van der Waals surface area contributed by atoms with Crippen molar-refractivity contribution in [3.8, 4) is 0 Å². The fraction of sp³-hybridized carbons (Fsp3) is 0.333. The summed E-state index contributed by atoms with van der Waals surface area (Å²) in [5, 5.41) is 23.3. The third-order valence-electron chi connectivity index (χ3n) is 4.72. The van der Waals surface area contributed by atoms with Crippen molar-refractivity contribution in [3.63, 3.8) is 0 Å². The molecule has 1 fully saturated rings. The second kappa shape index (κ2) is 8.42. The van der Waals surface area contributed by atoms with E-state index in [-0.39, 0.29) is 29.5 Å². The minimum Gasteiger partial charge on any atom is -0.387 e. The van der Waals surface area contributed by atoms with E-state index in [1.165, 1.54) is 17.2 Å². The average Bonchev–Trinajstić information content (AvgIpc) is 3.29. The number of carbonyl (C=O) groups is 1. The monoisotopic (exact) mass is 449 g/mol. The highest BCUT2D eigenvalue weighted by molar-refractivity contribution is 7.51. The molecular weight excluding hydrogens is 429 g/mol. The van der Waals surface area contributed by atoms with Crippen LogP contribution < -0.4 is 5.32 Å². The number of ether oxygens (including phenoxy) is 1. The first-order valence-electron chi connectivity index (χ1n) is 9.25. The minimum atomic E-state index is -3.78. The summed E-state index contributed by atoms with van der Waals surface area (Å²) in [6.45, 7) is 0.618. The summed E-state index contributed by atoms with van der Waals surface area (Å²) in [5.74, 6) is -0.217. The zero-order chi connectivity index (χ0) is 22.2. The predicted octanol–water partition coefficient (Wildman–Crippen LogP) is 0.530. The highest BCUT2D eigenvalue weighted by atomic mass is 31.2. The van der Waals surface area contributed by atoms with Crippen LogP contribution in [0.1, 0.15) is 16.6 Å². The van der Waals surface area contributed by atoms with Gasteiger partial charge in [-0.15, -0.1) is 0 Å². The molecule has 1 amide bonds. The second-order valence-electron chi connectivity index (χ2n) is 7.01. The molecule has 1 aliphatic rings.